The minimum atomic E-state index is 0.596. The van der Waals surface area contributed by atoms with E-state index in [1.54, 1.807) is 0 Å². The van der Waals surface area contributed by atoms with E-state index in [2.05, 4.69) is 126 Å². The zero-order valence-electron chi connectivity index (χ0n) is 25.3. The maximum Gasteiger partial charge on any atom is 0.238 e. The number of fused-ring (bicyclic) bond motifs is 13. The van der Waals surface area contributed by atoms with Crippen LogP contribution in [0.5, 0.6) is 0 Å². The van der Waals surface area contributed by atoms with Crippen LogP contribution in [0.3, 0.4) is 0 Å². The highest BCUT2D eigenvalue weighted by atomic mass is 15.2. The molecule has 0 N–H and O–H groups in total. The highest BCUT2D eigenvalue weighted by molar-refractivity contribution is 6.42. The van der Waals surface area contributed by atoms with Crippen LogP contribution >= 0.6 is 0 Å². The van der Waals surface area contributed by atoms with E-state index in [-0.39, 0.29) is 0 Å². The van der Waals surface area contributed by atoms with Crippen LogP contribution in [-0.2, 0) is 0 Å². The summed E-state index contributed by atoms with van der Waals surface area (Å²) >= 11 is 0. The van der Waals surface area contributed by atoms with E-state index >= 15 is 0 Å². The van der Waals surface area contributed by atoms with Crippen molar-refractivity contribution in [2.45, 2.75) is 0 Å². The average Bonchev–Trinajstić information content (AvgIpc) is 3.51. The van der Waals surface area contributed by atoms with Gasteiger partial charge in [-0.05, 0) is 38.4 Å². The molecular formula is C43H26N4. The molecule has 0 spiro atoms. The van der Waals surface area contributed by atoms with Crippen LogP contribution in [0.15, 0.2) is 158 Å². The van der Waals surface area contributed by atoms with Crippen molar-refractivity contribution in [2.75, 3.05) is 0 Å². The van der Waals surface area contributed by atoms with Gasteiger partial charge in [-0.2, -0.15) is 9.97 Å². The van der Waals surface area contributed by atoms with Gasteiger partial charge >= 0.3 is 0 Å². The molecule has 2 aromatic heterocycles. The second-order valence-corrected chi connectivity index (χ2v) is 12.0. The van der Waals surface area contributed by atoms with Crippen molar-refractivity contribution >= 4 is 64.9 Å². The Labute approximate surface area is 270 Å². The van der Waals surface area contributed by atoms with Gasteiger partial charge in [0.05, 0.1) is 11.0 Å². The van der Waals surface area contributed by atoms with Crippen molar-refractivity contribution in [3.05, 3.63) is 158 Å². The lowest BCUT2D eigenvalue weighted by Crippen LogP contribution is -2.06. The smallest absolute Gasteiger partial charge is 0.238 e. The van der Waals surface area contributed by atoms with E-state index in [4.69, 9.17) is 15.0 Å². The van der Waals surface area contributed by atoms with Gasteiger partial charge in [-0.1, -0.05) is 152 Å². The Morgan fingerprint density at radius 2 is 0.745 bits per heavy atom. The molecule has 4 nitrogen and oxygen atoms in total. The number of nitrogens with zero attached hydrogens (tertiary/aromatic N) is 4. The maximum absolute atomic E-state index is 5.21. The standard InChI is InChI=1S/C43H26N4/c1-3-15-27(16-4-1)41-44-42(28-17-5-2-6-18-28)46-43(45-41)47-36-26-14-13-25-35(36)39-38-32-22-10-8-20-30(32)29-19-7-9-21-31(29)37(38)33-23-11-12-24-34(33)40(39)47/h1-26H. The Hall–Kier alpha value is -6.39. The average molecular weight is 599 g/mol. The molecule has 47 heavy (non-hydrogen) atoms. The first-order valence-corrected chi connectivity index (χ1v) is 15.9. The van der Waals surface area contributed by atoms with Crippen LogP contribution in [0.1, 0.15) is 0 Å². The molecule has 218 valence electrons. The van der Waals surface area contributed by atoms with Gasteiger partial charge in [-0.15, -0.1) is 0 Å². The van der Waals surface area contributed by atoms with E-state index in [9.17, 15) is 0 Å². The monoisotopic (exact) mass is 598 g/mol. The molecule has 10 aromatic rings. The Balaban J connectivity index is 1.46. The molecule has 0 saturated carbocycles. The first kappa shape index (κ1) is 25.9. The van der Waals surface area contributed by atoms with E-state index in [1.165, 1.54) is 48.5 Å². The molecule has 0 aliphatic carbocycles. The van der Waals surface area contributed by atoms with Crippen molar-refractivity contribution in [1.82, 2.24) is 19.5 Å². The molecule has 0 unspecified atom stereocenters. The fourth-order valence-electron chi connectivity index (χ4n) is 7.44. The van der Waals surface area contributed by atoms with Gasteiger partial charge in [-0.3, -0.25) is 4.57 Å². The summed E-state index contributed by atoms with van der Waals surface area (Å²) in [6, 6.07) is 55.4. The van der Waals surface area contributed by atoms with Crippen molar-refractivity contribution in [1.29, 1.82) is 0 Å². The number of benzene rings is 8. The highest BCUT2D eigenvalue weighted by Crippen LogP contribution is 2.47. The van der Waals surface area contributed by atoms with Crippen LogP contribution in [0.25, 0.3) is 93.6 Å². The summed E-state index contributed by atoms with van der Waals surface area (Å²) in [4.78, 5) is 15.4. The first-order chi connectivity index (χ1) is 23.3. The molecule has 0 bridgehead atoms. The minimum absolute atomic E-state index is 0.596. The van der Waals surface area contributed by atoms with E-state index in [0.29, 0.717) is 17.6 Å². The van der Waals surface area contributed by atoms with Gasteiger partial charge in [0.25, 0.3) is 0 Å². The molecule has 0 saturated heterocycles. The number of para-hydroxylation sites is 1. The number of rotatable bonds is 3. The maximum atomic E-state index is 5.21. The summed E-state index contributed by atoms with van der Waals surface area (Å²) in [5.74, 6) is 1.88. The summed E-state index contributed by atoms with van der Waals surface area (Å²) < 4.78 is 2.26. The first-order valence-electron chi connectivity index (χ1n) is 15.9. The molecule has 0 aliphatic rings. The van der Waals surface area contributed by atoms with Crippen molar-refractivity contribution in [2.24, 2.45) is 0 Å². The molecule has 2 heterocycles. The van der Waals surface area contributed by atoms with Crippen LogP contribution in [0.4, 0.5) is 0 Å². The summed E-state index contributed by atoms with van der Waals surface area (Å²) in [5.41, 5.74) is 4.05. The van der Waals surface area contributed by atoms with Gasteiger partial charge < -0.3 is 0 Å². The van der Waals surface area contributed by atoms with Gasteiger partial charge in [0, 0.05) is 32.7 Å². The quantitative estimate of drug-likeness (QED) is 0.190. The van der Waals surface area contributed by atoms with Gasteiger partial charge in [-0.25, -0.2) is 4.98 Å². The number of hydrogen-bond donors (Lipinski definition) is 0. The van der Waals surface area contributed by atoms with Crippen LogP contribution in [0, 0.1) is 0 Å². The van der Waals surface area contributed by atoms with Crippen molar-refractivity contribution in [3.63, 3.8) is 0 Å². The summed E-state index contributed by atoms with van der Waals surface area (Å²) in [6.07, 6.45) is 0. The second-order valence-electron chi connectivity index (χ2n) is 12.0. The molecule has 0 aliphatic heterocycles. The Morgan fingerprint density at radius 1 is 0.319 bits per heavy atom. The largest absolute Gasteiger partial charge is 0.277 e. The normalized spacial score (nSPS) is 11.8. The Morgan fingerprint density at radius 3 is 1.32 bits per heavy atom. The van der Waals surface area contributed by atoms with Crippen LogP contribution in [0.2, 0.25) is 0 Å². The van der Waals surface area contributed by atoms with Crippen LogP contribution in [-0.4, -0.2) is 19.5 Å². The van der Waals surface area contributed by atoms with Crippen molar-refractivity contribution < 1.29 is 0 Å². The SMILES string of the molecule is c1ccc(-c2nc(-c3ccccc3)nc(-n3c4ccccc4c4c5c6ccccc6c6ccccc6c5c5ccccc5c43)n2)cc1. The van der Waals surface area contributed by atoms with Gasteiger partial charge in [0.1, 0.15) is 0 Å². The third-order valence-corrected chi connectivity index (χ3v) is 9.40. The lowest BCUT2D eigenvalue weighted by Gasteiger charge is -2.16. The third kappa shape index (κ3) is 3.79. The number of hydrogen-bond acceptors (Lipinski definition) is 3. The topological polar surface area (TPSA) is 43.6 Å². The van der Waals surface area contributed by atoms with Gasteiger partial charge in [0.15, 0.2) is 11.6 Å². The Bertz CT molecular complexity index is 2780. The molecule has 0 radical (unpaired) electrons. The highest BCUT2D eigenvalue weighted by Gasteiger charge is 2.24. The fourth-order valence-corrected chi connectivity index (χ4v) is 7.44. The third-order valence-electron chi connectivity index (χ3n) is 9.40. The minimum Gasteiger partial charge on any atom is -0.277 e. The fraction of sp³-hybridized carbons (Fsp3) is 0. The molecule has 0 atom stereocenters. The van der Waals surface area contributed by atoms with E-state index in [0.717, 1.165) is 27.5 Å². The molecule has 8 aromatic carbocycles. The van der Waals surface area contributed by atoms with E-state index in [1.807, 2.05) is 36.4 Å². The molecule has 0 fully saturated rings. The van der Waals surface area contributed by atoms with Crippen LogP contribution < -0.4 is 0 Å². The summed E-state index contributed by atoms with van der Waals surface area (Å²) in [5, 5.41) is 12.3. The summed E-state index contributed by atoms with van der Waals surface area (Å²) in [7, 11) is 0. The predicted octanol–water partition coefficient (Wildman–Crippen LogP) is 10.9. The summed E-state index contributed by atoms with van der Waals surface area (Å²) in [6.45, 7) is 0. The lowest BCUT2D eigenvalue weighted by molar-refractivity contribution is 0.955. The Kier molecular flexibility index (Phi) is 5.54. The molecule has 10 rings (SSSR count). The molecule has 4 heteroatoms. The molecular weight excluding hydrogens is 573 g/mol. The zero-order chi connectivity index (χ0) is 30.9. The lowest BCUT2D eigenvalue weighted by atomic mass is 9.88. The molecule has 0 amide bonds. The zero-order valence-corrected chi connectivity index (χ0v) is 25.3. The second kappa shape index (κ2) is 10.1. The number of aromatic nitrogens is 4. The van der Waals surface area contributed by atoms with E-state index < -0.39 is 0 Å². The predicted molar refractivity (Wildman–Crippen MR) is 195 cm³/mol. The van der Waals surface area contributed by atoms with Crippen molar-refractivity contribution in [3.8, 4) is 28.7 Å². The van der Waals surface area contributed by atoms with Gasteiger partial charge in [0.2, 0.25) is 5.95 Å².